The van der Waals surface area contributed by atoms with Crippen LogP contribution in [0.4, 0.5) is 0 Å². The van der Waals surface area contributed by atoms with Crippen LogP contribution in [0.15, 0.2) is 24.3 Å². The van der Waals surface area contributed by atoms with E-state index < -0.39 is 5.97 Å². The molecule has 0 heterocycles. The van der Waals surface area contributed by atoms with Gasteiger partial charge in [0.2, 0.25) is 0 Å². The Morgan fingerprint density at radius 3 is 2.38 bits per heavy atom. The molecule has 0 fully saturated rings. The van der Waals surface area contributed by atoms with Gasteiger partial charge in [-0.05, 0) is 17.7 Å². The molecule has 0 saturated carbocycles. The lowest BCUT2D eigenvalue weighted by Gasteiger charge is -2.06. The first-order valence-electron chi connectivity index (χ1n) is 4.81. The summed E-state index contributed by atoms with van der Waals surface area (Å²) in [5.74, 6) is -1.54. The van der Waals surface area contributed by atoms with Crippen molar-refractivity contribution in [3.05, 3.63) is 35.4 Å². The maximum Gasteiger partial charge on any atom is 0.251 e. The minimum Gasteiger partial charge on any atom is -0.550 e. The van der Waals surface area contributed by atoms with Gasteiger partial charge in [-0.3, -0.25) is 4.79 Å². The van der Waals surface area contributed by atoms with Crippen LogP contribution in [0, 0.1) is 0 Å². The van der Waals surface area contributed by atoms with Crippen molar-refractivity contribution in [2.45, 2.75) is 13.0 Å². The fraction of sp³-hybridized carbons (Fsp3) is 0.273. The van der Waals surface area contributed by atoms with Crippen molar-refractivity contribution in [2.75, 3.05) is 6.54 Å². The Morgan fingerprint density at radius 1 is 1.25 bits per heavy atom. The average Bonchev–Trinajstić information content (AvgIpc) is 2.28. The fourth-order valence-electron chi connectivity index (χ4n) is 1.14. The molecule has 1 aromatic carbocycles. The number of aliphatic hydroxyl groups excluding tert-OH is 1. The Balaban J connectivity index is 2.49. The number of nitrogens with one attached hydrogen (secondary N) is 1. The summed E-state index contributed by atoms with van der Waals surface area (Å²) < 4.78 is 0. The lowest BCUT2D eigenvalue weighted by Crippen LogP contribution is -2.30. The van der Waals surface area contributed by atoms with Gasteiger partial charge in [-0.25, -0.2) is 0 Å². The maximum atomic E-state index is 11.4. The molecule has 16 heavy (non-hydrogen) atoms. The third-order valence-electron chi connectivity index (χ3n) is 2.01. The second-order valence-corrected chi connectivity index (χ2v) is 3.23. The number of hydrogen-bond acceptors (Lipinski definition) is 4. The van der Waals surface area contributed by atoms with Crippen LogP contribution in [0.2, 0.25) is 0 Å². The second-order valence-electron chi connectivity index (χ2n) is 3.23. The number of aliphatic hydroxyl groups is 1. The molecular weight excluding hydrogens is 210 g/mol. The van der Waals surface area contributed by atoms with E-state index in [1.165, 1.54) is 0 Å². The van der Waals surface area contributed by atoms with Gasteiger partial charge in [0.25, 0.3) is 5.91 Å². The highest BCUT2D eigenvalue weighted by atomic mass is 16.4. The van der Waals surface area contributed by atoms with Crippen molar-refractivity contribution in [1.29, 1.82) is 0 Å². The molecule has 1 aromatic rings. The topological polar surface area (TPSA) is 89.5 Å². The average molecular weight is 222 g/mol. The van der Waals surface area contributed by atoms with Crippen LogP contribution in [0.5, 0.6) is 0 Å². The van der Waals surface area contributed by atoms with E-state index in [2.05, 4.69) is 5.32 Å². The van der Waals surface area contributed by atoms with Gasteiger partial charge in [-0.15, -0.1) is 0 Å². The SMILES string of the molecule is O=C([O-])CCNC(=O)c1ccc(CO)cc1. The summed E-state index contributed by atoms with van der Waals surface area (Å²) in [6, 6.07) is 6.40. The van der Waals surface area contributed by atoms with Crippen molar-refractivity contribution < 1.29 is 19.8 Å². The first kappa shape index (κ1) is 12.2. The summed E-state index contributed by atoms with van der Waals surface area (Å²) in [7, 11) is 0. The Kier molecular flexibility index (Phi) is 4.47. The first-order valence-corrected chi connectivity index (χ1v) is 4.81. The lowest BCUT2D eigenvalue weighted by molar-refractivity contribution is -0.305. The molecule has 0 unspecified atom stereocenters. The number of carbonyl (C=O) groups is 2. The zero-order valence-electron chi connectivity index (χ0n) is 8.60. The predicted molar refractivity (Wildman–Crippen MR) is 54.3 cm³/mol. The van der Waals surface area contributed by atoms with E-state index in [9.17, 15) is 14.7 Å². The molecule has 0 aliphatic heterocycles. The van der Waals surface area contributed by atoms with E-state index in [1.807, 2.05) is 0 Å². The Labute approximate surface area is 92.7 Å². The van der Waals surface area contributed by atoms with Gasteiger partial charge in [0, 0.05) is 24.5 Å². The predicted octanol–water partition coefficient (Wildman–Crippen LogP) is -0.951. The van der Waals surface area contributed by atoms with E-state index in [-0.39, 0.29) is 25.5 Å². The number of carboxylic acid groups (broad SMARTS) is 1. The van der Waals surface area contributed by atoms with Crippen LogP contribution in [0.1, 0.15) is 22.3 Å². The molecule has 5 heteroatoms. The summed E-state index contributed by atoms with van der Waals surface area (Å²) in [6.07, 6.45) is -0.208. The van der Waals surface area contributed by atoms with Crippen molar-refractivity contribution in [3.63, 3.8) is 0 Å². The third-order valence-corrected chi connectivity index (χ3v) is 2.01. The Bertz CT molecular complexity index is 372. The minimum absolute atomic E-state index is 0.0446. The molecule has 0 aromatic heterocycles. The van der Waals surface area contributed by atoms with Crippen molar-refractivity contribution in [2.24, 2.45) is 0 Å². The van der Waals surface area contributed by atoms with Gasteiger partial charge in [-0.2, -0.15) is 0 Å². The van der Waals surface area contributed by atoms with Crippen LogP contribution >= 0.6 is 0 Å². The zero-order chi connectivity index (χ0) is 12.0. The molecule has 1 rings (SSSR count). The molecule has 0 atom stereocenters. The Morgan fingerprint density at radius 2 is 1.88 bits per heavy atom. The number of benzene rings is 1. The molecule has 0 spiro atoms. The van der Waals surface area contributed by atoms with Crippen molar-refractivity contribution in [3.8, 4) is 0 Å². The van der Waals surface area contributed by atoms with Gasteiger partial charge < -0.3 is 20.3 Å². The smallest absolute Gasteiger partial charge is 0.251 e. The highest BCUT2D eigenvalue weighted by Crippen LogP contribution is 2.03. The number of carboxylic acids is 1. The number of carbonyl (C=O) groups excluding carboxylic acids is 2. The van der Waals surface area contributed by atoms with Crippen LogP contribution in [0.25, 0.3) is 0 Å². The van der Waals surface area contributed by atoms with Crippen molar-refractivity contribution in [1.82, 2.24) is 5.32 Å². The monoisotopic (exact) mass is 222 g/mol. The van der Waals surface area contributed by atoms with Crippen LogP contribution in [-0.2, 0) is 11.4 Å². The van der Waals surface area contributed by atoms with E-state index in [0.29, 0.717) is 11.1 Å². The molecule has 5 nitrogen and oxygen atoms in total. The highest BCUT2D eigenvalue weighted by Gasteiger charge is 2.03. The molecule has 0 aliphatic carbocycles. The molecule has 0 bridgehead atoms. The second kappa shape index (κ2) is 5.87. The summed E-state index contributed by atoms with van der Waals surface area (Å²) in [5, 5.41) is 21.4. The largest absolute Gasteiger partial charge is 0.550 e. The number of amides is 1. The van der Waals surface area contributed by atoms with Gasteiger partial charge in [-0.1, -0.05) is 12.1 Å². The third kappa shape index (κ3) is 3.70. The fourth-order valence-corrected chi connectivity index (χ4v) is 1.14. The normalized spacial score (nSPS) is 9.81. The van der Waals surface area contributed by atoms with E-state index in [1.54, 1.807) is 24.3 Å². The standard InChI is InChI=1S/C11H13NO4/c13-7-8-1-3-9(4-2-8)11(16)12-6-5-10(14)15/h1-4,13H,5-7H2,(H,12,16)(H,14,15)/p-1. The summed E-state index contributed by atoms with van der Waals surface area (Å²) in [5.41, 5.74) is 1.14. The van der Waals surface area contributed by atoms with E-state index in [0.717, 1.165) is 0 Å². The van der Waals surface area contributed by atoms with Crippen molar-refractivity contribution >= 4 is 11.9 Å². The molecule has 86 valence electrons. The highest BCUT2D eigenvalue weighted by molar-refractivity contribution is 5.94. The van der Waals surface area contributed by atoms with E-state index in [4.69, 9.17) is 5.11 Å². The first-order chi connectivity index (χ1) is 7.63. The maximum absolute atomic E-state index is 11.4. The van der Waals surface area contributed by atoms with Gasteiger partial charge in [0.1, 0.15) is 0 Å². The zero-order valence-corrected chi connectivity index (χ0v) is 8.60. The van der Waals surface area contributed by atoms with Crippen LogP contribution in [-0.4, -0.2) is 23.5 Å². The molecule has 2 N–H and O–H groups in total. The Hall–Kier alpha value is -1.88. The number of rotatable bonds is 5. The van der Waals surface area contributed by atoms with Gasteiger partial charge in [0.15, 0.2) is 0 Å². The van der Waals surface area contributed by atoms with Gasteiger partial charge in [0.05, 0.1) is 6.61 Å². The molecule has 1 amide bonds. The number of hydrogen-bond donors (Lipinski definition) is 2. The molecule has 0 radical (unpaired) electrons. The van der Waals surface area contributed by atoms with E-state index >= 15 is 0 Å². The number of aliphatic carboxylic acids is 1. The summed E-state index contributed by atoms with van der Waals surface area (Å²) in [6.45, 7) is -0.0322. The quantitative estimate of drug-likeness (QED) is 0.672. The van der Waals surface area contributed by atoms with Crippen LogP contribution in [0.3, 0.4) is 0 Å². The minimum atomic E-state index is -1.20. The summed E-state index contributed by atoms with van der Waals surface area (Å²) >= 11 is 0. The molecule has 0 aliphatic rings. The molecule has 0 saturated heterocycles. The van der Waals surface area contributed by atoms with Crippen LogP contribution < -0.4 is 10.4 Å². The summed E-state index contributed by atoms with van der Waals surface area (Å²) in [4.78, 5) is 21.5. The molecular formula is C11H12NO4-. The van der Waals surface area contributed by atoms with Gasteiger partial charge >= 0.3 is 0 Å². The lowest BCUT2D eigenvalue weighted by atomic mass is 10.1.